The summed E-state index contributed by atoms with van der Waals surface area (Å²) in [5, 5.41) is 3.91. The minimum atomic E-state index is -4.04. The predicted molar refractivity (Wildman–Crippen MR) is 115 cm³/mol. The Hall–Kier alpha value is -2.68. The van der Waals surface area contributed by atoms with Gasteiger partial charge in [0.05, 0.1) is 10.6 Å². The SMILES string of the molecule is COC(C)OCN(c1onc(C)c1C)S(=O)(=O)c1ccccc1-c1ccc(C)cc1. The number of aromatic nitrogens is 1. The van der Waals surface area contributed by atoms with Crippen molar-refractivity contribution in [3.05, 3.63) is 65.4 Å². The summed E-state index contributed by atoms with van der Waals surface area (Å²) in [6.07, 6.45) is -0.598. The first-order chi connectivity index (χ1) is 14.3. The molecule has 0 radical (unpaired) electrons. The highest BCUT2D eigenvalue weighted by Gasteiger charge is 2.32. The molecule has 1 heterocycles. The summed E-state index contributed by atoms with van der Waals surface area (Å²) in [5.74, 6) is 0.120. The summed E-state index contributed by atoms with van der Waals surface area (Å²) in [7, 11) is -2.55. The zero-order valence-corrected chi connectivity index (χ0v) is 18.6. The number of nitrogens with zero attached hydrogens (tertiary/aromatic N) is 2. The van der Waals surface area contributed by atoms with Crippen molar-refractivity contribution in [2.75, 3.05) is 18.1 Å². The fraction of sp³-hybridized carbons (Fsp3) is 0.318. The smallest absolute Gasteiger partial charge is 0.269 e. The number of aryl methyl sites for hydroxylation is 2. The molecule has 1 unspecified atom stereocenters. The van der Waals surface area contributed by atoms with Gasteiger partial charge in [-0.2, -0.15) is 0 Å². The number of hydrogen-bond acceptors (Lipinski definition) is 6. The number of rotatable bonds is 8. The molecule has 8 heteroatoms. The maximum atomic E-state index is 13.8. The molecule has 0 aliphatic heterocycles. The average molecular weight is 431 g/mol. The zero-order valence-electron chi connectivity index (χ0n) is 17.7. The van der Waals surface area contributed by atoms with Crippen LogP contribution in [0.4, 0.5) is 5.88 Å². The van der Waals surface area contributed by atoms with E-state index in [1.54, 1.807) is 39.0 Å². The van der Waals surface area contributed by atoms with Gasteiger partial charge in [-0.3, -0.25) is 0 Å². The first kappa shape index (κ1) is 22.0. The van der Waals surface area contributed by atoms with Crippen LogP contribution in [0.15, 0.2) is 57.9 Å². The molecule has 0 saturated heterocycles. The molecule has 0 saturated carbocycles. The van der Waals surface area contributed by atoms with E-state index in [1.165, 1.54) is 7.11 Å². The molecule has 1 atom stereocenters. The second-order valence-corrected chi connectivity index (χ2v) is 8.84. The molecule has 0 aliphatic rings. The van der Waals surface area contributed by atoms with Crippen LogP contribution in [0.5, 0.6) is 0 Å². The lowest BCUT2D eigenvalue weighted by Gasteiger charge is -2.24. The van der Waals surface area contributed by atoms with E-state index < -0.39 is 16.3 Å². The van der Waals surface area contributed by atoms with Gasteiger partial charge in [0, 0.05) is 18.2 Å². The summed E-state index contributed by atoms with van der Waals surface area (Å²) in [5.41, 5.74) is 3.72. The topological polar surface area (TPSA) is 81.9 Å². The Morgan fingerprint density at radius 2 is 1.73 bits per heavy atom. The third kappa shape index (κ3) is 4.40. The van der Waals surface area contributed by atoms with Crippen LogP contribution in [0, 0.1) is 20.8 Å². The van der Waals surface area contributed by atoms with Gasteiger partial charge in [-0.25, -0.2) is 12.7 Å². The first-order valence-corrected chi connectivity index (χ1v) is 11.0. The van der Waals surface area contributed by atoms with E-state index in [1.807, 2.05) is 37.3 Å². The number of anilines is 1. The van der Waals surface area contributed by atoms with Crippen LogP contribution < -0.4 is 4.31 Å². The van der Waals surface area contributed by atoms with Crippen LogP contribution in [0.25, 0.3) is 11.1 Å². The Bertz CT molecular complexity index is 1110. The van der Waals surface area contributed by atoms with E-state index in [2.05, 4.69) is 5.16 Å². The molecule has 0 fully saturated rings. The standard InChI is InChI=1S/C22H26N2O5S/c1-15-10-12-19(13-11-15)20-8-6-7-9-21(20)30(25,26)24(14-28-18(4)27-5)22-16(2)17(3)23-29-22/h6-13,18H,14H2,1-5H3. The Labute approximate surface area is 177 Å². The molecule has 1 aromatic heterocycles. The van der Waals surface area contributed by atoms with Gasteiger partial charge in [0.25, 0.3) is 10.0 Å². The highest BCUT2D eigenvalue weighted by molar-refractivity contribution is 7.93. The molecule has 0 bridgehead atoms. The van der Waals surface area contributed by atoms with Crippen molar-refractivity contribution < 1.29 is 22.4 Å². The molecule has 2 aromatic carbocycles. The van der Waals surface area contributed by atoms with Crippen molar-refractivity contribution >= 4 is 15.9 Å². The van der Waals surface area contributed by atoms with Gasteiger partial charge < -0.3 is 14.0 Å². The highest BCUT2D eigenvalue weighted by atomic mass is 32.2. The third-order valence-corrected chi connectivity index (χ3v) is 6.70. The van der Waals surface area contributed by atoms with Gasteiger partial charge >= 0.3 is 0 Å². The van der Waals surface area contributed by atoms with Crippen LogP contribution in [-0.2, 0) is 19.5 Å². The van der Waals surface area contributed by atoms with E-state index in [0.717, 1.165) is 15.4 Å². The van der Waals surface area contributed by atoms with Gasteiger partial charge in [-0.05, 0) is 39.3 Å². The number of ether oxygens (including phenoxy) is 2. The molecular formula is C22H26N2O5S. The van der Waals surface area contributed by atoms with Crippen molar-refractivity contribution in [2.45, 2.75) is 38.9 Å². The van der Waals surface area contributed by atoms with Crippen LogP contribution in [0.3, 0.4) is 0 Å². The van der Waals surface area contributed by atoms with E-state index in [-0.39, 0.29) is 17.5 Å². The van der Waals surface area contributed by atoms with Gasteiger partial charge in [0.15, 0.2) is 6.29 Å². The summed E-state index contributed by atoms with van der Waals surface area (Å²) in [4.78, 5) is 0.149. The molecule has 3 rings (SSSR count). The van der Waals surface area contributed by atoms with Crippen molar-refractivity contribution in [3.63, 3.8) is 0 Å². The molecule has 0 N–H and O–H groups in total. The maximum Gasteiger partial charge on any atom is 0.269 e. The monoisotopic (exact) mass is 430 g/mol. The lowest BCUT2D eigenvalue weighted by Crippen LogP contribution is -2.35. The zero-order chi connectivity index (χ0) is 21.9. The fourth-order valence-corrected chi connectivity index (χ4v) is 4.44. The Morgan fingerprint density at radius 1 is 1.07 bits per heavy atom. The fourth-order valence-electron chi connectivity index (χ4n) is 2.90. The van der Waals surface area contributed by atoms with Crippen LogP contribution in [0.2, 0.25) is 0 Å². The molecule has 30 heavy (non-hydrogen) atoms. The summed E-state index contributed by atoms with van der Waals surface area (Å²) in [6, 6.07) is 14.6. The second kappa shape index (κ2) is 8.99. The summed E-state index contributed by atoms with van der Waals surface area (Å²) in [6.45, 7) is 6.90. The number of benzene rings is 2. The van der Waals surface area contributed by atoms with E-state index in [0.29, 0.717) is 16.8 Å². The van der Waals surface area contributed by atoms with Crippen molar-refractivity contribution in [1.29, 1.82) is 0 Å². The first-order valence-electron chi connectivity index (χ1n) is 9.51. The normalized spacial score (nSPS) is 12.7. The predicted octanol–water partition coefficient (Wildman–Crippen LogP) is 4.43. The van der Waals surface area contributed by atoms with Gasteiger partial charge in [-0.15, -0.1) is 0 Å². The van der Waals surface area contributed by atoms with Crippen LogP contribution in [-0.4, -0.2) is 33.7 Å². The van der Waals surface area contributed by atoms with E-state index in [9.17, 15) is 8.42 Å². The number of hydrogen-bond donors (Lipinski definition) is 0. The Kier molecular flexibility index (Phi) is 6.60. The number of methoxy groups -OCH3 is 1. The average Bonchev–Trinajstić information content (AvgIpc) is 3.07. The van der Waals surface area contributed by atoms with Crippen LogP contribution >= 0.6 is 0 Å². The lowest BCUT2D eigenvalue weighted by atomic mass is 10.0. The Balaban J connectivity index is 2.12. The largest absolute Gasteiger partial charge is 0.356 e. The third-order valence-electron chi connectivity index (χ3n) is 4.94. The van der Waals surface area contributed by atoms with Crippen LogP contribution in [0.1, 0.15) is 23.7 Å². The van der Waals surface area contributed by atoms with Gasteiger partial charge in [0.1, 0.15) is 6.73 Å². The molecule has 0 spiro atoms. The second-order valence-electron chi connectivity index (χ2n) is 7.01. The van der Waals surface area contributed by atoms with Crippen molar-refractivity contribution in [3.8, 4) is 11.1 Å². The molecule has 0 amide bonds. The van der Waals surface area contributed by atoms with Crippen molar-refractivity contribution in [1.82, 2.24) is 5.16 Å². The number of sulfonamides is 1. The minimum Gasteiger partial charge on any atom is -0.356 e. The van der Waals surface area contributed by atoms with E-state index in [4.69, 9.17) is 14.0 Å². The highest BCUT2D eigenvalue weighted by Crippen LogP contribution is 2.34. The molecule has 3 aromatic rings. The summed E-state index contributed by atoms with van der Waals surface area (Å²) < 4.78 is 44.7. The molecule has 7 nitrogen and oxygen atoms in total. The van der Waals surface area contributed by atoms with Gasteiger partial charge in [-0.1, -0.05) is 53.2 Å². The molecule has 0 aliphatic carbocycles. The maximum absolute atomic E-state index is 13.8. The quantitative estimate of drug-likeness (QED) is 0.492. The summed E-state index contributed by atoms with van der Waals surface area (Å²) >= 11 is 0. The Morgan fingerprint density at radius 3 is 2.33 bits per heavy atom. The molecular weight excluding hydrogens is 404 g/mol. The lowest BCUT2D eigenvalue weighted by molar-refractivity contribution is -0.108. The van der Waals surface area contributed by atoms with Gasteiger partial charge in [0.2, 0.25) is 5.88 Å². The molecule has 160 valence electrons. The van der Waals surface area contributed by atoms with E-state index >= 15 is 0 Å². The van der Waals surface area contributed by atoms with Crippen molar-refractivity contribution in [2.24, 2.45) is 0 Å². The minimum absolute atomic E-state index is 0.120.